The Morgan fingerprint density at radius 1 is 1.20 bits per heavy atom. The maximum absolute atomic E-state index is 12.0. The number of aryl methyl sites for hydroxylation is 1. The molecule has 0 saturated carbocycles. The first-order valence-electron chi connectivity index (χ1n) is 6.50. The van der Waals surface area contributed by atoms with Crippen molar-refractivity contribution in [2.24, 2.45) is 0 Å². The van der Waals surface area contributed by atoms with Gasteiger partial charge in [-0.1, -0.05) is 48.0 Å². The van der Waals surface area contributed by atoms with E-state index in [0.717, 1.165) is 16.8 Å². The molecule has 1 amide bonds. The molecule has 3 heteroatoms. The van der Waals surface area contributed by atoms with Gasteiger partial charge in [-0.05, 0) is 24.6 Å². The summed E-state index contributed by atoms with van der Waals surface area (Å²) in [7, 11) is 0. The molecule has 2 rings (SSSR count). The molecule has 0 radical (unpaired) electrons. The van der Waals surface area contributed by atoms with Gasteiger partial charge in [0.2, 0.25) is 5.91 Å². The molecular weight excluding hydrogens is 248 g/mol. The van der Waals surface area contributed by atoms with Crippen molar-refractivity contribution in [3.05, 3.63) is 65.7 Å². The summed E-state index contributed by atoms with van der Waals surface area (Å²) in [6.45, 7) is 1.97. The van der Waals surface area contributed by atoms with Crippen LogP contribution < -0.4 is 5.32 Å². The van der Waals surface area contributed by atoms with Crippen LogP contribution in [0.3, 0.4) is 0 Å². The Bertz CT molecular complexity index is 629. The Hall–Kier alpha value is -2.60. The minimum absolute atomic E-state index is 0.149. The Balaban J connectivity index is 2.04. The molecule has 2 aromatic carbocycles. The molecule has 1 unspecified atom stereocenters. The topological polar surface area (TPSA) is 52.9 Å². The molecule has 100 valence electrons. The fourth-order valence-electron chi connectivity index (χ4n) is 2.04. The van der Waals surface area contributed by atoms with Gasteiger partial charge in [-0.2, -0.15) is 5.26 Å². The minimum atomic E-state index is -0.418. The molecule has 0 fully saturated rings. The molecular formula is C17H16N2O. The first kappa shape index (κ1) is 13.8. The first-order valence-corrected chi connectivity index (χ1v) is 6.50. The molecule has 0 spiro atoms. The molecule has 20 heavy (non-hydrogen) atoms. The summed E-state index contributed by atoms with van der Waals surface area (Å²) in [6.07, 6.45) is 0.162. The maximum Gasteiger partial charge on any atom is 0.226 e. The summed E-state index contributed by atoms with van der Waals surface area (Å²) >= 11 is 0. The van der Waals surface area contributed by atoms with Gasteiger partial charge in [-0.3, -0.25) is 4.79 Å². The SMILES string of the molecule is Cc1cccc(C(C#N)CC(=O)Nc2ccccc2)c1. The van der Waals surface area contributed by atoms with E-state index in [2.05, 4.69) is 11.4 Å². The number of benzene rings is 2. The number of amides is 1. The van der Waals surface area contributed by atoms with Gasteiger partial charge in [0, 0.05) is 12.1 Å². The molecule has 0 aliphatic heterocycles. The smallest absolute Gasteiger partial charge is 0.226 e. The van der Waals surface area contributed by atoms with Gasteiger partial charge in [0.25, 0.3) is 0 Å². The summed E-state index contributed by atoms with van der Waals surface area (Å²) in [6, 6.07) is 19.2. The lowest BCUT2D eigenvalue weighted by Crippen LogP contribution is -2.15. The zero-order chi connectivity index (χ0) is 14.4. The third-order valence-corrected chi connectivity index (χ3v) is 3.05. The number of nitrogens with one attached hydrogen (secondary N) is 1. The van der Waals surface area contributed by atoms with Gasteiger partial charge in [0.1, 0.15) is 0 Å². The second-order valence-electron chi connectivity index (χ2n) is 4.71. The fraction of sp³-hybridized carbons (Fsp3) is 0.176. The zero-order valence-electron chi connectivity index (χ0n) is 11.3. The Morgan fingerprint density at radius 3 is 2.60 bits per heavy atom. The lowest BCUT2D eigenvalue weighted by Gasteiger charge is -2.10. The number of nitrogens with zero attached hydrogens (tertiary/aromatic N) is 1. The highest BCUT2D eigenvalue weighted by Crippen LogP contribution is 2.20. The van der Waals surface area contributed by atoms with Crippen LogP contribution in [0.1, 0.15) is 23.5 Å². The van der Waals surface area contributed by atoms with Crippen LogP contribution in [0.2, 0.25) is 0 Å². The fourth-order valence-corrected chi connectivity index (χ4v) is 2.04. The Kier molecular flexibility index (Phi) is 4.52. The van der Waals surface area contributed by atoms with Crippen LogP contribution in [0, 0.1) is 18.3 Å². The summed E-state index contributed by atoms with van der Waals surface area (Å²) in [5, 5.41) is 12.1. The van der Waals surface area contributed by atoms with Crippen LogP contribution in [0.25, 0.3) is 0 Å². The maximum atomic E-state index is 12.0. The molecule has 0 heterocycles. The van der Waals surface area contributed by atoms with E-state index in [9.17, 15) is 10.1 Å². The lowest BCUT2D eigenvalue weighted by atomic mass is 9.95. The summed E-state index contributed by atoms with van der Waals surface area (Å²) < 4.78 is 0. The highest BCUT2D eigenvalue weighted by molar-refractivity contribution is 5.91. The Labute approximate surface area is 118 Å². The van der Waals surface area contributed by atoms with Crippen LogP contribution in [0.4, 0.5) is 5.69 Å². The summed E-state index contributed by atoms with van der Waals surface area (Å²) in [4.78, 5) is 12.0. The summed E-state index contributed by atoms with van der Waals surface area (Å²) in [5.41, 5.74) is 2.72. The monoisotopic (exact) mass is 264 g/mol. The normalized spacial score (nSPS) is 11.4. The number of anilines is 1. The highest BCUT2D eigenvalue weighted by Gasteiger charge is 2.15. The van der Waals surface area contributed by atoms with E-state index in [0.29, 0.717) is 0 Å². The average Bonchev–Trinajstić information content (AvgIpc) is 2.46. The molecule has 1 atom stereocenters. The standard InChI is InChI=1S/C17H16N2O/c1-13-6-5-7-14(10-13)15(12-18)11-17(20)19-16-8-3-2-4-9-16/h2-10,15H,11H2,1H3,(H,19,20). The lowest BCUT2D eigenvalue weighted by molar-refractivity contribution is -0.116. The number of para-hydroxylation sites is 1. The largest absolute Gasteiger partial charge is 0.326 e. The molecule has 0 bridgehead atoms. The van der Waals surface area contributed by atoms with E-state index in [1.807, 2.05) is 61.5 Å². The van der Waals surface area contributed by atoms with Gasteiger partial charge < -0.3 is 5.32 Å². The van der Waals surface area contributed by atoms with Crippen molar-refractivity contribution in [3.8, 4) is 6.07 Å². The van der Waals surface area contributed by atoms with E-state index >= 15 is 0 Å². The van der Waals surface area contributed by atoms with E-state index in [1.165, 1.54) is 0 Å². The van der Waals surface area contributed by atoms with Crippen LogP contribution in [0.15, 0.2) is 54.6 Å². The predicted octanol–water partition coefficient (Wildman–Crippen LogP) is 3.63. The molecule has 0 saturated heterocycles. The van der Waals surface area contributed by atoms with Gasteiger partial charge in [-0.25, -0.2) is 0 Å². The van der Waals surface area contributed by atoms with Crippen LogP contribution in [-0.2, 0) is 4.79 Å². The van der Waals surface area contributed by atoms with E-state index in [4.69, 9.17) is 0 Å². The number of carbonyl (C=O) groups excluding carboxylic acids is 1. The zero-order valence-corrected chi connectivity index (χ0v) is 11.3. The van der Waals surface area contributed by atoms with Crippen molar-refractivity contribution in [2.45, 2.75) is 19.3 Å². The van der Waals surface area contributed by atoms with Gasteiger partial charge in [-0.15, -0.1) is 0 Å². The number of nitriles is 1. The second kappa shape index (κ2) is 6.53. The molecule has 0 aromatic heterocycles. The van der Waals surface area contributed by atoms with E-state index in [1.54, 1.807) is 0 Å². The number of hydrogen-bond donors (Lipinski definition) is 1. The minimum Gasteiger partial charge on any atom is -0.326 e. The van der Waals surface area contributed by atoms with Crippen LogP contribution >= 0.6 is 0 Å². The van der Waals surface area contributed by atoms with Crippen molar-refractivity contribution in [2.75, 3.05) is 5.32 Å². The van der Waals surface area contributed by atoms with Crippen LogP contribution in [0.5, 0.6) is 0 Å². The molecule has 0 aliphatic carbocycles. The van der Waals surface area contributed by atoms with E-state index in [-0.39, 0.29) is 12.3 Å². The first-order chi connectivity index (χ1) is 9.69. The highest BCUT2D eigenvalue weighted by atomic mass is 16.1. The average molecular weight is 264 g/mol. The number of hydrogen-bond acceptors (Lipinski definition) is 2. The van der Waals surface area contributed by atoms with Crippen molar-refractivity contribution in [3.63, 3.8) is 0 Å². The van der Waals surface area contributed by atoms with Crippen LogP contribution in [-0.4, -0.2) is 5.91 Å². The third kappa shape index (κ3) is 3.69. The van der Waals surface area contributed by atoms with Crippen molar-refractivity contribution in [1.29, 1.82) is 5.26 Å². The van der Waals surface area contributed by atoms with Crippen molar-refractivity contribution < 1.29 is 4.79 Å². The molecule has 0 aliphatic rings. The molecule has 1 N–H and O–H groups in total. The predicted molar refractivity (Wildman–Crippen MR) is 79.2 cm³/mol. The Morgan fingerprint density at radius 2 is 1.95 bits per heavy atom. The van der Waals surface area contributed by atoms with Gasteiger partial charge in [0.05, 0.1) is 12.0 Å². The quantitative estimate of drug-likeness (QED) is 0.916. The van der Waals surface area contributed by atoms with Crippen molar-refractivity contribution in [1.82, 2.24) is 0 Å². The van der Waals surface area contributed by atoms with Gasteiger partial charge >= 0.3 is 0 Å². The van der Waals surface area contributed by atoms with Crippen molar-refractivity contribution >= 4 is 11.6 Å². The summed E-state index contributed by atoms with van der Waals surface area (Å²) in [5.74, 6) is -0.567. The van der Waals surface area contributed by atoms with E-state index < -0.39 is 5.92 Å². The number of rotatable bonds is 4. The second-order valence-corrected chi connectivity index (χ2v) is 4.71. The number of carbonyl (C=O) groups is 1. The molecule has 3 nitrogen and oxygen atoms in total. The third-order valence-electron chi connectivity index (χ3n) is 3.05. The molecule has 2 aromatic rings. The van der Waals surface area contributed by atoms with Gasteiger partial charge in [0.15, 0.2) is 0 Å².